The number of hydrogen-bond acceptors (Lipinski definition) is 6. The Balaban J connectivity index is 1.32. The summed E-state index contributed by atoms with van der Waals surface area (Å²) in [5, 5.41) is 4.78. The van der Waals surface area contributed by atoms with Gasteiger partial charge in [0.25, 0.3) is 0 Å². The quantitative estimate of drug-likeness (QED) is 0.835. The zero-order valence-electron chi connectivity index (χ0n) is 17.6. The molecule has 4 fully saturated rings. The standard InChI is InChI=1S/C23H30FN5O/c1-15-3-6-19-20(9-15)26-22(27-21(19)28-12-17-4-5-18(13-28)25-17)30-14-23-7-2-8-29(23)11-16(24)10-23/h3,6,9,16-18,25H,2,4-5,7-8,10-14H2,1H3. The van der Waals surface area contributed by atoms with Crippen molar-refractivity contribution in [1.82, 2.24) is 20.2 Å². The van der Waals surface area contributed by atoms with Crippen LogP contribution in [0.3, 0.4) is 0 Å². The first kappa shape index (κ1) is 18.8. The summed E-state index contributed by atoms with van der Waals surface area (Å²) in [5.74, 6) is 0.976. The lowest BCUT2D eigenvalue weighted by atomic mass is 9.95. The van der Waals surface area contributed by atoms with E-state index in [1.54, 1.807) is 0 Å². The number of fused-ring (bicyclic) bond motifs is 4. The molecule has 160 valence electrons. The summed E-state index contributed by atoms with van der Waals surface area (Å²) in [6.07, 6.45) is 4.39. The predicted molar refractivity (Wildman–Crippen MR) is 115 cm³/mol. The Morgan fingerprint density at radius 2 is 2.03 bits per heavy atom. The van der Waals surface area contributed by atoms with Crippen LogP contribution in [0.25, 0.3) is 10.9 Å². The minimum Gasteiger partial charge on any atom is -0.461 e. The van der Waals surface area contributed by atoms with E-state index in [0.29, 0.717) is 37.7 Å². The van der Waals surface area contributed by atoms with Gasteiger partial charge in [-0.3, -0.25) is 4.90 Å². The van der Waals surface area contributed by atoms with Crippen LogP contribution in [0.2, 0.25) is 0 Å². The number of ether oxygens (including phenoxy) is 1. The third kappa shape index (κ3) is 3.14. The molecule has 6 nitrogen and oxygen atoms in total. The van der Waals surface area contributed by atoms with Gasteiger partial charge >= 0.3 is 6.01 Å². The summed E-state index contributed by atoms with van der Waals surface area (Å²) in [7, 11) is 0. The lowest BCUT2D eigenvalue weighted by Crippen LogP contribution is -2.51. The van der Waals surface area contributed by atoms with Crippen LogP contribution in [0.15, 0.2) is 18.2 Å². The van der Waals surface area contributed by atoms with Crippen LogP contribution in [-0.4, -0.2) is 71.4 Å². The lowest BCUT2D eigenvalue weighted by Gasteiger charge is -2.34. The van der Waals surface area contributed by atoms with E-state index >= 15 is 0 Å². The van der Waals surface area contributed by atoms with Gasteiger partial charge in [0.2, 0.25) is 0 Å². The fourth-order valence-corrected chi connectivity index (χ4v) is 6.13. The number of alkyl halides is 1. The van der Waals surface area contributed by atoms with Crippen LogP contribution in [0.4, 0.5) is 10.2 Å². The topological polar surface area (TPSA) is 53.5 Å². The number of nitrogens with zero attached hydrogens (tertiary/aromatic N) is 4. The SMILES string of the molecule is Cc1ccc2c(N3CC4CCC(C3)N4)nc(OCC34CCCN3CC(F)C4)nc2c1. The number of aromatic nitrogens is 2. The zero-order valence-corrected chi connectivity index (χ0v) is 17.6. The molecule has 2 bridgehead atoms. The molecule has 4 aliphatic rings. The van der Waals surface area contributed by atoms with Crippen molar-refractivity contribution in [2.24, 2.45) is 0 Å². The molecule has 0 saturated carbocycles. The molecular weight excluding hydrogens is 381 g/mol. The van der Waals surface area contributed by atoms with Crippen LogP contribution >= 0.6 is 0 Å². The Labute approximate surface area is 176 Å². The Bertz CT molecular complexity index is 958. The van der Waals surface area contributed by atoms with Gasteiger partial charge in [-0.05, 0) is 56.8 Å². The Morgan fingerprint density at radius 3 is 2.87 bits per heavy atom. The van der Waals surface area contributed by atoms with E-state index in [-0.39, 0.29) is 5.54 Å². The van der Waals surface area contributed by atoms with Crippen LogP contribution in [0.1, 0.15) is 37.7 Å². The van der Waals surface area contributed by atoms with Gasteiger partial charge < -0.3 is 15.0 Å². The molecule has 30 heavy (non-hydrogen) atoms. The first-order valence-electron chi connectivity index (χ1n) is 11.4. The van der Waals surface area contributed by atoms with E-state index in [4.69, 9.17) is 14.7 Å². The third-order valence-corrected chi connectivity index (χ3v) is 7.56. The van der Waals surface area contributed by atoms with E-state index in [0.717, 1.165) is 49.2 Å². The van der Waals surface area contributed by atoms with Crippen LogP contribution in [-0.2, 0) is 0 Å². The predicted octanol–water partition coefficient (Wildman–Crippen LogP) is 2.83. The second-order valence-electron chi connectivity index (χ2n) is 9.76. The number of piperazine rings is 1. The van der Waals surface area contributed by atoms with E-state index < -0.39 is 6.17 Å². The summed E-state index contributed by atoms with van der Waals surface area (Å²) < 4.78 is 20.3. The van der Waals surface area contributed by atoms with Gasteiger partial charge in [-0.25, -0.2) is 4.39 Å². The average molecular weight is 412 g/mol. The maximum absolute atomic E-state index is 14.1. The molecule has 0 spiro atoms. The van der Waals surface area contributed by atoms with Gasteiger partial charge in [-0.15, -0.1) is 0 Å². The van der Waals surface area contributed by atoms with Crippen molar-refractivity contribution in [2.45, 2.75) is 62.8 Å². The van der Waals surface area contributed by atoms with Crippen LogP contribution in [0.5, 0.6) is 6.01 Å². The third-order valence-electron chi connectivity index (χ3n) is 7.56. The van der Waals surface area contributed by atoms with Crippen molar-refractivity contribution in [3.8, 4) is 6.01 Å². The van der Waals surface area contributed by atoms with Crippen molar-refractivity contribution < 1.29 is 9.13 Å². The molecule has 1 N–H and O–H groups in total. The highest BCUT2D eigenvalue weighted by molar-refractivity contribution is 5.90. The van der Waals surface area contributed by atoms with E-state index in [2.05, 4.69) is 40.2 Å². The summed E-state index contributed by atoms with van der Waals surface area (Å²) in [4.78, 5) is 14.3. The minimum atomic E-state index is -0.749. The molecule has 6 rings (SSSR count). The van der Waals surface area contributed by atoms with Crippen LogP contribution < -0.4 is 15.0 Å². The summed E-state index contributed by atoms with van der Waals surface area (Å²) in [6.45, 7) is 6.00. The number of anilines is 1. The number of hydrogen-bond donors (Lipinski definition) is 1. The highest BCUT2D eigenvalue weighted by Crippen LogP contribution is 2.40. The molecule has 2 aromatic rings. The molecule has 0 amide bonds. The summed E-state index contributed by atoms with van der Waals surface area (Å²) >= 11 is 0. The maximum Gasteiger partial charge on any atom is 0.319 e. The first-order chi connectivity index (χ1) is 14.6. The van der Waals surface area contributed by atoms with E-state index in [1.165, 1.54) is 18.4 Å². The normalized spacial score (nSPS) is 33.4. The van der Waals surface area contributed by atoms with Crippen molar-refractivity contribution in [1.29, 1.82) is 0 Å². The summed E-state index contributed by atoms with van der Waals surface area (Å²) in [6, 6.07) is 7.87. The monoisotopic (exact) mass is 411 g/mol. The van der Waals surface area contributed by atoms with Crippen molar-refractivity contribution >= 4 is 16.7 Å². The molecule has 0 radical (unpaired) electrons. The average Bonchev–Trinajstić information content (AvgIpc) is 3.36. The second-order valence-corrected chi connectivity index (χ2v) is 9.76. The molecular formula is C23H30FN5O. The number of aryl methyl sites for hydroxylation is 1. The summed E-state index contributed by atoms with van der Waals surface area (Å²) in [5.41, 5.74) is 1.92. The zero-order chi connectivity index (χ0) is 20.3. The molecule has 4 saturated heterocycles. The molecule has 1 aromatic carbocycles. The molecule has 5 heterocycles. The fraction of sp³-hybridized carbons (Fsp3) is 0.652. The minimum absolute atomic E-state index is 0.182. The van der Waals surface area contributed by atoms with Crippen molar-refractivity contribution in [3.05, 3.63) is 23.8 Å². The number of benzene rings is 1. The maximum atomic E-state index is 14.1. The van der Waals surface area contributed by atoms with Crippen LogP contribution in [0, 0.1) is 6.92 Å². The Kier molecular flexibility index (Phi) is 4.39. The molecule has 1 aromatic heterocycles. The molecule has 7 heteroatoms. The Hall–Kier alpha value is -1.99. The number of halogens is 1. The van der Waals surface area contributed by atoms with Gasteiger partial charge in [0, 0.05) is 43.5 Å². The molecule has 0 aliphatic carbocycles. The highest BCUT2D eigenvalue weighted by Gasteiger charge is 2.49. The molecule has 4 unspecified atom stereocenters. The number of rotatable bonds is 4. The van der Waals surface area contributed by atoms with Crippen molar-refractivity contribution in [3.63, 3.8) is 0 Å². The second kappa shape index (κ2) is 7.02. The van der Waals surface area contributed by atoms with Gasteiger partial charge in [0.1, 0.15) is 18.6 Å². The Morgan fingerprint density at radius 1 is 1.20 bits per heavy atom. The van der Waals surface area contributed by atoms with E-state index in [1.807, 2.05) is 0 Å². The fourth-order valence-electron chi connectivity index (χ4n) is 6.13. The largest absolute Gasteiger partial charge is 0.461 e. The van der Waals surface area contributed by atoms with Crippen molar-refractivity contribution in [2.75, 3.05) is 37.7 Å². The van der Waals surface area contributed by atoms with Gasteiger partial charge in [0.05, 0.1) is 11.1 Å². The van der Waals surface area contributed by atoms with Gasteiger partial charge in [-0.2, -0.15) is 9.97 Å². The first-order valence-corrected chi connectivity index (χ1v) is 11.4. The van der Waals surface area contributed by atoms with Gasteiger partial charge in [0.15, 0.2) is 0 Å². The molecule has 4 atom stereocenters. The number of nitrogens with one attached hydrogen (secondary N) is 1. The molecule has 4 aliphatic heterocycles. The smallest absolute Gasteiger partial charge is 0.319 e. The lowest BCUT2D eigenvalue weighted by molar-refractivity contribution is 0.107. The van der Waals surface area contributed by atoms with E-state index in [9.17, 15) is 4.39 Å². The van der Waals surface area contributed by atoms with Gasteiger partial charge in [-0.1, -0.05) is 6.07 Å². The highest BCUT2D eigenvalue weighted by atomic mass is 19.1.